The minimum atomic E-state index is -1.81. The molecule has 1 heterocycles. The van der Waals surface area contributed by atoms with E-state index in [-0.39, 0.29) is 84.1 Å². The molecule has 0 aromatic heterocycles. The summed E-state index contributed by atoms with van der Waals surface area (Å²) in [6.45, 7) is -0.0208. The van der Waals surface area contributed by atoms with E-state index in [1.54, 1.807) is 0 Å². The van der Waals surface area contributed by atoms with Gasteiger partial charge in [0.05, 0.1) is 0 Å². The van der Waals surface area contributed by atoms with Crippen LogP contribution in [0.25, 0.3) is 0 Å². The van der Waals surface area contributed by atoms with Crippen LogP contribution in [0.4, 0.5) is 0 Å². The van der Waals surface area contributed by atoms with Crippen molar-refractivity contribution in [2.24, 2.45) is 0 Å². The molecular formula is C24H34N6O13. The van der Waals surface area contributed by atoms with Gasteiger partial charge in [0.2, 0.25) is 18.1 Å². The second kappa shape index (κ2) is 18.4. The molecule has 1 rings (SSSR count). The molecule has 238 valence electrons. The molecule has 19 nitrogen and oxygen atoms in total. The molecular weight excluding hydrogens is 580 g/mol. The lowest BCUT2D eigenvalue weighted by Gasteiger charge is -2.38. The average Bonchev–Trinajstić information content (AvgIpc) is 2.98. The molecule has 1 saturated heterocycles. The van der Waals surface area contributed by atoms with Gasteiger partial charge in [0.1, 0.15) is 12.1 Å². The summed E-state index contributed by atoms with van der Waals surface area (Å²) < 4.78 is 0. The molecule has 7 N–H and O–H groups in total. The first-order chi connectivity index (χ1) is 20.3. The number of carbonyl (C=O) groups is 10. The van der Waals surface area contributed by atoms with Gasteiger partial charge in [-0.2, -0.15) is 0 Å². The largest absolute Gasteiger partial charge is 0.474 e. The van der Waals surface area contributed by atoms with Gasteiger partial charge >= 0.3 is 35.6 Å². The molecule has 1 aliphatic heterocycles. The Morgan fingerprint density at radius 2 is 0.953 bits per heavy atom. The number of nitrogens with one attached hydrogen (secondary N) is 4. The van der Waals surface area contributed by atoms with Crippen LogP contribution in [0.1, 0.15) is 38.5 Å². The van der Waals surface area contributed by atoms with Crippen molar-refractivity contribution in [2.75, 3.05) is 39.3 Å². The normalized spacial score (nSPS) is 14.0. The predicted octanol–water partition coefficient (Wildman–Crippen LogP) is -4.35. The second-order valence-corrected chi connectivity index (χ2v) is 9.27. The Bertz CT molecular complexity index is 1100. The van der Waals surface area contributed by atoms with Crippen molar-refractivity contribution in [3.8, 4) is 0 Å². The molecule has 0 radical (unpaired) electrons. The summed E-state index contributed by atoms with van der Waals surface area (Å²) in [6.07, 6.45) is 1.04. The number of rotatable bonds is 15. The zero-order valence-electron chi connectivity index (χ0n) is 23.0. The SMILES string of the molecule is O=CC(=O)NC(CCCCNC(=O)C(=O)O)C(=O)N1CCN(C(=O)C(CCCCNC(=O)C(=O)O)NC(=O)C(=O)O)CC1. The van der Waals surface area contributed by atoms with Crippen molar-refractivity contribution in [1.82, 2.24) is 31.1 Å². The van der Waals surface area contributed by atoms with Crippen LogP contribution in [0.5, 0.6) is 0 Å². The number of nitrogens with zero attached hydrogens (tertiary/aromatic N) is 2. The van der Waals surface area contributed by atoms with Crippen LogP contribution in [0, 0.1) is 0 Å². The fourth-order valence-corrected chi connectivity index (χ4v) is 4.03. The van der Waals surface area contributed by atoms with Crippen molar-refractivity contribution in [1.29, 1.82) is 0 Å². The molecule has 0 spiro atoms. The second-order valence-electron chi connectivity index (χ2n) is 9.27. The van der Waals surface area contributed by atoms with Crippen molar-refractivity contribution in [3.63, 3.8) is 0 Å². The molecule has 0 aliphatic carbocycles. The predicted molar refractivity (Wildman–Crippen MR) is 140 cm³/mol. The summed E-state index contributed by atoms with van der Waals surface area (Å²) in [5.41, 5.74) is 0. The maximum Gasteiger partial charge on any atom is 0.394 e. The Hall–Kier alpha value is -5.10. The number of carboxylic acid groups (broad SMARTS) is 3. The van der Waals surface area contributed by atoms with E-state index in [1.165, 1.54) is 9.80 Å². The highest BCUT2D eigenvalue weighted by atomic mass is 16.4. The maximum absolute atomic E-state index is 13.1. The van der Waals surface area contributed by atoms with Crippen LogP contribution in [0.15, 0.2) is 0 Å². The minimum absolute atomic E-state index is 0.00435. The highest BCUT2D eigenvalue weighted by molar-refractivity contribution is 6.32. The minimum Gasteiger partial charge on any atom is -0.474 e. The Morgan fingerprint density at radius 3 is 1.30 bits per heavy atom. The monoisotopic (exact) mass is 614 g/mol. The van der Waals surface area contributed by atoms with Crippen molar-refractivity contribution >= 4 is 59.6 Å². The molecule has 2 unspecified atom stereocenters. The van der Waals surface area contributed by atoms with Crippen LogP contribution in [-0.4, -0.2) is 136 Å². The fraction of sp³-hybridized carbons (Fsp3) is 0.583. The van der Waals surface area contributed by atoms with Gasteiger partial charge < -0.3 is 46.4 Å². The van der Waals surface area contributed by atoms with E-state index in [4.69, 9.17) is 15.3 Å². The van der Waals surface area contributed by atoms with Gasteiger partial charge in [0.25, 0.3) is 5.91 Å². The Labute approximate surface area is 244 Å². The summed E-state index contributed by atoms with van der Waals surface area (Å²) in [7, 11) is 0. The lowest BCUT2D eigenvalue weighted by molar-refractivity contribution is -0.152. The number of aldehydes is 1. The first kappa shape index (κ1) is 35.9. The van der Waals surface area contributed by atoms with Gasteiger partial charge in [0, 0.05) is 39.3 Å². The van der Waals surface area contributed by atoms with Crippen LogP contribution in [0.3, 0.4) is 0 Å². The number of carbonyl (C=O) groups excluding carboxylic acids is 7. The maximum atomic E-state index is 13.1. The smallest absolute Gasteiger partial charge is 0.394 e. The zero-order valence-corrected chi connectivity index (χ0v) is 23.0. The van der Waals surface area contributed by atoms with E-state index in [0.717, 1.165) is 0 Å². The van der Waals surface area contributed by atoms with E-state index in [1.807, 2.05) is 0 Å². The summed E-state index contributed by atoms with van der Waals surface area (Å²) in [5, 5.41) is 34.8. The first-order valence-electron chi connectivity index (χ1n) is 13.2. The molecule has 0 bridgehead atoms. The molecule has 43 heavy (non-hydrogen) atoms. The number of carboxylic acids is 3. The molecule has 2 atom stereocenters. The number of piperazine rings is 1. The lowest BCUT2D eigenvalue weighted by atomic mass is 10.1. The van der Waals surface area contributed by atoms with E-state index in [9.17, 15) is 47.9 Å². The van der Waals surface area contributed by atoms with E-state index >= 15 is 0 Å². The lowest BCUT2D eigenvalue weighted by Crippen LogP contribution is -2.58. The van der Waals surface area contributed by atoms with Gasteiger partial charge in [-0.1, -0.05) is 0 Å². The van der Waals surface area contributed by atoms with Gasteiger partial charge in [-0.15, -0.1) is 0 Å². The topological polar surface area (TPSA) is 286 Å². The van der Waals surface area contributed by atoms with Crippen LogP contribution >= 0.6 is 0 Å². The molecule has 0 saturated carbocycles. The Morgan fingerprint density at radius 1 is 0.581 bits per heavy atom. The summed E-state index contributed by atoms with van der Waals surface area (Å²) in [6, 6.07) is -2.36. The van der Waals surface area contributed by atoms with E-state index in [2.05, 4.69) is 21.3 Å². The van der Waals surface area contributed by atoms with Crippen LogP contribution < -0.4 is 21.3 Å². The van der Waals surface area contributed by atoms with E-state index < -0.39 is 65.4 Å². The Balaban J connectivity index is 2.73. The van der Waals surface area contributed by atoms with Gasteiger partial charge in [-0.3, -0.25) is 33.6 Å². The number of aliphatic carboxylic acids is 3. The van der Waals surface area contributed by atoms with Crippen LogP contribution in [0.2, 0.25) is 0 Å². The highest BCUT2D eigenvalue weighted by Gasteiger charge is 2.33. The summed E-state index contributed by atoms with van der Waals surface area (Å²) in [5.74, 6) is -11.1. The average molecular weight is 615 g/mol. The highest BCUT2D eigenvalue weighted by Crippen LogP contribution is 2.12. The fourth-order valence-electron chi connectivity index (χ4n) is 4.03. The van der Waals surface area contributed by atoms with Gasteiger partial charge in [-0.05, 0) is 38.5 Å². The third kappa shape index (κ3) is 13.0. The zero-order chi connectivity index (χ0) is 32.5. The number of hydrogen-bond acceptors (Lipinski definition) is 10. The molecule has 1 aliphatic rings. The van der Waals surface area contributed by atoms with Crippen molar-refractivity contribution in [2.45, 2.75) is 50.6 Å². The molecule has 1 fully saturated rings. The quantitative estimate of drug-likeness (QED) is 0.0522. The number of unbranched alkanes of at least 4 members (excludes halogenated alkanes) is 2. The van der Waals surface area contributed by atoms with Crippen molar-refractivity contribution < 1.29 is 63.3 Å². The van der Waals surface area contributed by atoms with Crippen LogP contribution in [-0.2, 0) is 47.9 Å². The van der Waals surface area contributed by atoms with Crippen molar-refractivity contribution in [3.05, 3.63) is 0 Å². The summed E-state index contributed by atoms with van der Waals surface area (Å²) >= 11 is 0. The molecule has 6 amide bonds. The number of hydrogen-bond donors (Lipinski definition) is 7. The molecule has 0 aromatic carbocycles. The molecule has 19 heteroatoms. The van der Waals surface area contributed by atoms with Gasteiger partial charge in [0.15, 0.2) is 0 Å². The Kier molecular flexibility index (Phi) is 15.3. The van der Waals surface area contributed by atoms with E-state index in [0.29, 0.717) is 0 Å². The third-order valence-corrected chi connectivity index (χ3v) is 6.22. The third-order valence-electron chi connectivity index (χ3n) is 6.22. The standard InChI is InChI=1S/C24H34N6O13/c31-13-16(32)27-14(5-1-3-7-25-17(33)22(38)39)20(36)29-9-11-30(12-10-29)21(37)15(28-19(35)24(42)43)6-2-4-8-26-18(34)23(40)41/h13-15H,1-12H2,(H,25,33)(H,26,34)(H,27,32)(H,28,35)(H,38,39)(H,40,41)(H,42,43). The summed E-state index contributed by atoms with van der Waals surface area (Å²) in [4.78, 5) is 117. The molecule has 0 aromatic rings. The first-order valence-corrected chi connectivity index (χ1v) is 13.2. The van der Waals surface area contributed by atoms with Gasteiger partial charge in [-0.25, -0.2) is 14.4 Å². The number of amides is 6.